The smallest absolute Gasteiger partial charge is 0.230 e. The van der Waals surface area contributed by atoms with Crippen LogP contribution < -0.4 is 4.90 Å². The van der Waals surface area contributed by atoms with Crippen molar-refractivity contribution in [2.45, 2.75) is 25.7 Å². The van der Waals surface area contributed by atoms with Crippen LogP contribution in [0, 0.1) is 25.2 Å². The summed E-state index contributed by atoms with van der Waals surface area (Å²) in [6, 6.07) is 9.85. The lowest BCUT2D eigenvalue weighted by Gasteiger charge is -2.24. The van der Waals surface area contributed by atoms with E-state index in [1.165, 1.54) is 0 Å². The van der Waals surface area contributed by atoms with Gasteiger partial charge in [-0.3, -0.25) is 0 Å². The fourth-order valence-corrected chi connectivity index (χ4v) is 2.85. The largest absolute Gasteiger partial charge is 0.310 e. The molecule has 0 N–H and O–H groups in total. The minimum absolute atomic E-state index is 0.667. The molecule has 1 aromatic heterocycles. The number of benzene rings is 1. The third-order valence-electron chi connectivity index (χ3n) is 3.13. The number of thioether (sulfide) groups is 1. The van der Waals surface area contributed by atoms with E-state index in [1.807, 2.05) is 44.4 Å². The van der Waals surface area contributed by atoms with Gasteiger partial charge >= 0.3 is 0 Å². The molecule has 0 saturated heterocycles. The molecule has 0 aliphatic rings. The van der Waals surface area contributed by atoms with Gasteiger partial charge in [-0.2, -0.15) is 5.26 Å². The second kappa shape index (κ2) is 6.59. The fraction of sp³-hybridized carbons (Fsp3) is 0.312. The van der Waals surface area contributed by atoms with E-state index in [1.54, 1.807) is 11.8 Å². The maximum atomic E-state index is 9.04. The molecule has 0 atom stereocenters. The third-order valence-corrected chi connectivity index (χ3v) is 3.89. The zero-order chi connectivity index (χ0) is 15.4. The van der Waals surface area contributed by atoms with E-state index in [-0.39, 0.29) is 0 Å². The monoisotopic (exact) mass is 298 g/mol. The van der Waals surface area contributed by atoms with Crippen molar-refractivity contribution in [2.75, 3.05) is 17.7 Å². The molecular weight excluding hydrogens is 280 g/mol. The summed E-state index contributed by atoms with van der Waals surface area (Å²) in [6.45, 7) is 6.78. The molecule has 0 amide bonds. The van der Waals surface area contributed by atoms with Crippen LogP contribution in [-0.2, 0) is 0 Å². The number of nitrogens with zero attached hydrogens (tertiary/aromatic N) is 4. The van der Waals surface area contributed by atoms with E-state index in [0.717, 1.165) is 28.5 Å². The molecule has 2 rings (SSSR count). The second-order valence-corrected chi connectivity index (χ2v) is 5.54. The molecule has 0 aliphatic carbocycles. The van der Waals surface area contributed by atoms with Crippen molar-refractivity contribution in [3.8, 4) is 6.07 Å². The van der Waals surface area contributed by atoms with Gasteiger partial charge in [0.2, 0.25) is 5.95 Å². The van der Waals surface area contributed by atoms with Gasteiger partial charge in [0.25, 0.3) is 0 Å². The minimum Gasteiger partial charge on any atom is -0.310 e. The van der Waals surface area contributed by atoms with Gasteiger partial charge in [-0.25, -0.2) is 9.97 Å². The topological polar surface area (TPSA) is 52.8 Å². The molecule has 108 valence electrons. The van der Waals surface area contributed by atoms with Gasteiger partial charge in [0.15, 0.2) is 0 Å². The first-order valence-corrected chi connectivity index (χ1v) is 7.99. The normalized spacial score (nSPS) is 10.2. The van der Waals surface area contributed by atoms with Gasteiger partial charge in [-0.1, -0.05) is 0 Å². The molecule has 0 radical (unpaired) electrons. The number of rotatable bonds is 4. The Kier molecular flexibility index (Phi) is 4.81. The first kappa shape index (κ1) is 15.3. The van der Waals surface area contributed by atoms with Gasteiger partial charge in [0.1, 0.15) is 0 Å². The van der Waals surface area contributed by atoms with Crippen LogP contribution in [0.4, 0.5) is 11.6 Å². The number of nitriles is 1. The average molecular weight is 298 g/mol. The maximum Gasteiger partial charge on any atom is 0.230 e. The van der Waals surface area contributed by atoms with E-state index >= 15 is 0 Å². The summed E-state index contributed by atoms with van der Waals surface area (Å²) in [5.41, 5.74) is 3.61. The zero-order valence-corrected chi connectivity index (χ0v) is 13.5. The van der Waals surface area contributed by atoms with Crippen molar-refractivity contribution in [1.82, 2.24) is 9.97 Å². The van der Waals surface area contributed by atoms with Crippen LogP contribution in [0.1, 0.15) is 23.9 Å². The molecule has 0 bridgehead atoms. The third kappa shape index (κ3) is 3.34. The highest BCUT2D eigenvalue weighted by Crippen LogP contribution is 2.33. The molecule has 1 heterocycles. The SMILES string of the molecule is CCN(c1nc(C)cc(C)n1)c1ccc(C#N)cc1SC. The molecule has 5 heteroatoms. The lowest BCUT2D eigenvalue weighted by Crippen LogP contribution is -2.20. The van der Waals surface area contributed by atoms with Gasteiger partial charge in [-0.15, -0.1) is 11.8 Å². The summed E-state index contributed by atoms with van der Waals surface area (Å²) in [4.78, 5) is 12.2. The van der Waals surface area contributed by atoms with Crippen LogP contribution >= 0.6 is 11.8 Å². The van der Waals surface area contributed by atoms with Crippen LogP contribution in [0.15, 0.2) is 29.2 Å². The second-order valence-electron chi connectivity index (χ2n) is 4.69. The molecule has 0 fully saturated rings. The summed E-state index contributed by atoms with van der Waals surface area (Å²) < 4.78 is 0. The van der Waals surface area contributed by atoms with E-state index in [0.29, 0.717) is 11.5 Å². The van der Waals surface area contributed by atoms with Gasteiger partial charge in [0.05, 0.1) is 17.3 Å². The number of hydrogen-bond donors (Lipinski definition) is 0. The predicted octanol–water partition coefficient (Wildman–Crippen LogP) is 3.85. The molecular formula is C16H18N4S. The van der Waals surface area contributed by atoms with Gasteiger partial charge in [-0.05, 0) is 51.3 Å². The molecule has 4 nitrogen and oxygen atoms in total. The van der Waals surface area contributed by atoms with Crippen molar-refractivity contribution >= 4 is 23.4 Å². The first-order valence-electron chi connectivity index (χ1n) is 6.77. The van der Waals surface area contributed by atoms with Crippen molar-refractivity contribution in [2.24, 2.45) is 0 Å². The Labute approximate surface area is 129 Å². The Hall–Kier alpha value is -2.06. The Balaban J connectivity index is 2.53. The van der Waals surface area contributed by atoms with E-state index in [9.17, 15) is 0 Å². The number of aryl methyl sites for hydroxylation is 2. The quantitative estimate of drug-likeness (QED) is 0.803. The van der Waals surface area contributed by atoms with E-state index < -0.39 is 0 Å². The van der Waals surface area contributed by atoms with Gasteiger partial charge < -0.3 is 4.90 Å². The zero-order valence-electron chi connectivity index (χ0n) is 12.7. The summed E-state index contributed by atoms with van der Waals surface area (Å²) in [5.74, 6) is 0.704. The Morgan fingerprint density at radius 3 is 2.38 bits per heavy atom. The van der Waals surface area contributed by atoms with Crippen LogP contribution in [0.25, 0.3) is 0 Å². The Bertz CT molecular complexity index is 671. The predicted molar refractivity (Wildman–Crippen MR) is 87.1 cm³/mol. The summed E-state index contributed by atoms with van der Waals surface area (Å²) in [6.07, 6.45) is 2.01. The summed E-state index contributed by atoms with van der Waals surface area (Å²) in [7, 11) is 0. The number of aromatic nitrogens is 2. The molecule has 2 aromatic rings. The standard InChI is InChI=1S/C16H18N4S/c1-5-20(16-18-11(2)8-12(3)19-16)14-7-6-13(10-17)9-15(14)21-4/h6-9H,5H2,1-4H3. The van der Waals surface area contributed by atoms with Crippen LogP contribution in [-0.4, -0.2) is 22.8 Å². The maximum absolute atomic E-state index is 9.04. The molecule has 0 unspecified atom stereocenters. The average Bonchev–Trinajstić information content (AvgIpc) is 2.47. The molecule has 1 aromatic carbocycles. The number of hydrogen-bond acceptors (Lipinski definition) is 5. The van der Waals surface area contributed by atoms with Crippen LogP contribution in [0.5, 0.6) is 0 Å². The van der Waals surface area contributed by atoms with Gasteiger partial charge in [0, 0.05) is 22.8 Å². The van der Waals surface area contributed by atoms with Crippen molar-refractivity contribution in [1.29, 1.82) is 5.26 Å². The highest BCUT2D eigenvalue weighted by molar-refractivity contribution is 7.98. The Morgan fingerprint density at radius 2 is 1.86 bits per heavy atom. The molecule has 21 heavy (non-hydrogen) atoms. The lowest BCUT2D eigenvalue weighted by atomic mass is 10.2. The van der Waals surface area contributed by atoms with Crippen LogP contribution in [0.3, 0.4) is 0 Å². The Morgan fingerprint density at radius 1 is 1.19 bits per heavy atom. The van der Waals surface area contributed by atoms with E-state index in [2.05, 4.69) is 27.9 Å². The highest BCUT2D eigenvalue weighted by Gasteiger charge is 2.15. The minimum atomic E-state index is 0.667. The lowest BCUT2D eigenvalue weighted by molar-refractivity contribution is 0.911. The van der Waals surface area contributed by atoms with Crippen molar-refractivity contribution in [3.05, 3.63) is 41.2 Å². The van der Waals surface area contributed by atoms with Crippen LogP contribution in [0.2, 0.25) is 0 Å². The summed E-state index contributed by atoms with van der Waals surface area (Å²) >= 11 is 1.62. The van der Waals surface area contributed by atoms with Crippen molar-refractivity contribution in [3.63, 3.8) is 0 Å². The van der Waals surface area contributed by atoms with Crippen molar-refractivity contribution < 1.29 is 0 Å². The number of anilines is 2. The first-order chi connectivity index (χ1) is 10.1. The molecule has 0 spiro atoms. The summed E-state index contributed by atoms with van der Waals surface area (Å²) in [5, 5.41) is 9.04. The molecule has 0 saturated carbocycles. The van der Waals surface area contributed by atoms with E-state index in [4.69, 9.17) is 5.26 Å². The molecule has 0 aliphatic heterocycles. The fourth-order valence-electron chi connectivity index (χ4n) is 2.22. The highest BCUT2D eigenvalue weighted by atomic mass is 32.2.